The zero-order chi connectivity index (χ0) is 24.0. The molecule has 5 amide bonds. The molecule has 0 aromatic heterocycles. The van der Waals surface area contributed by atoms with Crippen molar-refractivity contribution in [1.29, 1.82) is 0 Å². The molecule has 3 N–H and O–H groups in total. The second-order valence-electron chi connectivity index (χ2n) is 7.34. The van der Waals surface area contributed by atoms with Gasteiger partial charge in [0.25, 0.3) is 5.91 Å². The van der Waals surface area contributed by atoms with E-state index in [2.05, 4.69) is 16.0 Å². The van der Waals surface area contributed by atoms with E-state index in [1.165, 1.54) is 6.07 Å². The van der Waals surface area contributed by atoms with E-state index < -0.39 is 11.9 Å². The van der Waals surface area contributed by atoms with E-state index in [1.807, 2.05) is 13.8 Å². The summed E-state index contributed by atoms with van der Waals surface area (Å²) in [6.07, 6.45) is 0. The van der Waals surface area contributed by atoms with Crippen molar-refractivity contribution < 1.29 is 14.4 Å². The standard InChI is InChI=1S/C24H22Cl2N4O3/c1-15(2)30(19-13-7-16(25)8-14-19)24(33)28-18-11-9-17(10-12-18)27-23(32)29-22(31)20-5-3-4-6-21(20)26/h3-15H,1-2H3,(H,28,33)(H2,27,29,31,32). The van der Waals surface area contributed by atoms with Gasteiger partial charge in [-0.2, -0.15) is 0 Å². The summed E-state index contributed by atoms with van der Waals surface area (Å²) in [6, 6.07) is 18.8. The Morgan fingerprint density at radius 1 is 0.788 bits per heavy atom. The second-order valence-corrected chi connectivity index (χ2v) is 8.18. The molecular formula is C24H22Cl2N4O3. The van der Waals surface area contributed by atoms with E-state index in [9.17, 15) is 14.4 Å². The molecule has 9 heteroatoms. The lowest BCUT2D eigenvalue weighted by Gasteiger charge is -2.27. The lowest BCUT2D eigenvalue weighted by molar-refractivity contribution is 0.0967. The number of urea groups is 2. The molecule has 3 rings (SSSR count). The summed E-state index contributed by atoms with van der Waals surface area (Å²) >= 11 is 11.9. The van der Waals surface area contributed by atoms with Crippen LogP contribution in [0.2, 0.25) is 10.0 Å². The molecule has 0 radical (unpaired) electrons. The highest BCUT2D eigenvalue weighted by Gasteiger charge is 2.19. The summed E-state index contributed by atoms with van der Waals surface area (Å²) in [5.41, 5.74) is 1.89. The second kappa shape index (κ2) is 10.8. The van der Waals surface area contributed by atoms with Gasteiger partial charge in [-0.3, -0.25) is 15.0 Å². The number of rotatable bonds is 5. The van der Waals surface area contributed by atoms with E-state index in [-0.39, 0.29) is 22.7 Å². The summed E-state index contributed by atoms with van der Waals surface area (Å²) in [4.78, 5) is 38.8. The van der Waals surface area contributed by atoms with Crippen LogP contribution in [0.1, 0.15) is 24.2 Å². The highest BCUT2D eigenvalue weighted by molar-refractivity contribution is 6.34. The van der Waals surface area contributed by atoms with Crippen molar-refractivity contribution in [2.45, 2.75) is 19.9 Å². The number of carbonyl (C=O) groups is 3. The SMILES string of the molecule is CC(C)N(C(=O)Nc1ccc(NC(=O)NC(=O)c2ccccc2Cl)cc1)c1ccc(Cl)cc1. The quantitative estimate of drug-likeness (QED) is 0.391. The number of nitrogens with one attached hydrogen (secondary N) is 3. The molecule has 7 nitrogen and oxygen atoms in total. The fraction of sp³-hybridized carbons (Fsp3) is 0.125. The van der Waals surface area contributed by atoms with Gasteiger partial charge in [0, 0.05) is 28.1 Å². The van der Waals surface area contributed by atoms with Crippen molar-refractivity contribution >= 4 is 58.2 Å². The lowest BCUT2D eigenvalue weighted by Crippen LogP contribution is -2.40. The van der Waals surface area contributed by atoms with E-state index in [1.54, 1.807) is 71.6 Å². The molecule has 0 aliphatic heterocycles. The van der Waals surface area contributed by atoms with Crippen molar-refractivity contribution in [3.8, 4) is 0 Å². The largest absolute Gasteiger partial charge is 0.326 e. The maximum Gasteiger partial charge on any atom is 0.326 e. The highest BCUT2D eigenvalue weighted by Crippen LogP contribution is 2.22. The minimum absolute atomic E-state index is 0.0912. The molecule has 0 unspecified atom stereocenters. The molecule has 0 atom stereocenters. The molecular weight excluding hydrogens is 463 g/mol. The van der Waals surface area contributed by atoms with Crippen molar-refractivity contribution in [3.05, 3.63) is 88.4 Å². The lowest BCUT2D eigenvalue weighted by atomic mass is 10.2. The van der Waals surface area contributed by atoms with Gasteiger partial charge < -0.3 is 10.6 Å². The summed E-state index contributed by atoms with van der Waals surface area (Å²) in [5.74, 6) is -0.613. The molecule has 0 fully saturated rings. The Hall–Kier alpha value is -3.55. The Morgan fingerprint density at radius 3 is 1.94 bits per heavy atom. The Labute approximate surface area is 201 Å². The van der Waals surface area contributed by atoms with Gasteiger partial charge in [0.05, 0.1) is 10.6 Å². The first-order valence-electron chi connectivity index (χ1n) is 10.1. The van der Waals surface area contributed by atoms with Crippen LogP contribution in [0.25, 0.3) is 0 Å². The zero-order valence-electron chi connectivity index (χ0n) is 17.9. The molecule has 0 aliphatic rings. The van der Waals surface area contributed by atoms with Gasteiger partial charge in [0.2, 0.25) is 0 Å². The van der Waals surface area contributed by atoms with Crippen LogP contribution >= 0.6 is 23.2 Å². The Balaban J connectivity index is 1.60. The summed E-state index contributed by atoms with van der Waals surface area (Å²) < 4.78 is 0. The van der Waals surface area contributed by atoms with Crippen LogP contribution in [0, 0.1) is 0 Å². The van der Waals surface area contributed by atoms with Crippen LogP contribution in [-0.4, -0.2) is 24.0 Å². The van der Waals surface area contributed by atoms with Crippen molar-refractivity contribution in [2.75, 3.05) is 15.5 Å². The summed E-state index contributed by atoms with van der Waals surface area (Å²) in [5, 5.41) is 8.46. The average Bonchev–Trinajstić information content (AvgIpc) is 2.76. The summed E-state index contributed by atoms with van der Waals surface area (Å²) in [6.45, 7) is 3.81. The van der Waals surface area contributed by atoms with E-state index in [4.69, 9.17) is 23.2 Å². The number of carbonyl (C=O) groups excluding carboxylic acids is 3. The van der Waals surface area contributed by atoms with Crippen LogP contribution in [0.15, 0.2) is 72.8 Å². The van der Waals surface area contributed by atoms with Gasteiger partial charge in [-0.1, -0.05) is 35.3 Å². The fourth-order valence-electron chi connectivity index (χ4n) is 3.05. The molecule has 0 saturated heterocycles. The van der Waals surface area contributed by atoms with Gasteiger partial charge in [0.1, 0.15) is 0 Å². The number of imide groups is 1. The van der Waals surface area contributed by atoms with Crippen molar-refractivity contribution in [2.24, 2.45) is 0 Å². The van der Waals surface area contributed by atoms with E-state index in [0.29, 0.717) is 22.1 Å². The Morgan fingerprint density at radius 2 is 1.36 bits per heavy atom. The normalized spacial score (nSPS) is 10.5. The van der Waals surface area contributed by atoms with Crippen molar-refractivity contribution in [1.82, 2.24) is 5.32 Å². The first-order chi connectivity index (χ1) is 15.7. The minimum atomic E-state index is -0.703. The zero-order valence-corrected chi connectivity index (χ0v) is 19.4. The summed E-state index contributed by atoms with van der Waals surface area (Å²) in [7, 11) is 0. The van der Waals surface area contributed by atoms with Gasteiger partial charge >= 0.3 is 12.1 Å². The monoisotopic (exact) mass is 484 g/mol. The van der Waals surface area contributed by atoms with Gasteiger partial charge in [-0.25, -0.2) is 9.59 Å². The molecule has 0 aliphatic carbocycles. The smallest absolute Gasteiger partial charge is 0.308 e. The molecule has 0 bridgehead atoms. The van der Waals surface area contributed by atoms with Gasteiger partial charge in [-0.15, -0.1) is 0 Å². The maximum absolute atomic E-state index is 12.8. The first-order valence-corrected chi connectivity index (χ1v) is 10.8. The van der Waals surface area contributed by atoms with Gasteiger partial charge in [-0.05, 0) is 74.5 Å². The Bertz CT molecular complexity index is 1150. The third-order valence-corrected chi connectivity index (χ3v) is 5.16. The number of nitrogens with zero attached hydrogens (tertiary/aromatic N) is 1. The van der Waals surface area contributed by atoms with Crippen LogP contribution in [-0.2, 0) is 0 Å². The van der Waals surface area contributed by atoms with Crippen LogP contribution in [0.5, 0.6) is 0 Å². The highest BCUT2D eigenvalue weighted by atomic mass is 35.5. The topological polar surface area (TPSA) is 90.5 Å². The molecule has 0 heterocycles. The number of hydrogen-bond donors (Lipinski definition) is 3. The van der Waals surface area contributed by atoms with Crippen LogP contribution in [0.4, 0.5) is 26.7 Å². The fourth-order valence-corrected chi connectivity index (χ4v) is 3.40. The number of halogens is 2. The first kappa shape index (κ1) is 24.1. The molecule has 0 saturated carbocycles. The molecule has 170 valence electrons. The molecule has 0 spiro atoms. The molecule has 3 aromatic carbocycles. The third-order valence-electron chi connectivity index (χ3n) is 4.58. The predicted octanol–water partition coefficient (Wildman–Crippen LogP) is 6.40. The Kier molecular flexibility index (Phi) is 7.92. The van der Waals surface area contributed by atoms with E-state index in [0.717, 1.165) is 0 Å². The predicted molar refractivity (Wildman–Crippen MR) is 132 cm³/mol. The number of anilines is 3. The number of hydrogen-bond acceptors (Lipinski definition) is 3. The van der Waals surface area contributed by atoms with Crippen LogP contribution < -0.4 is 20.9 Å². The molecule has 33 heavy (non-hydrogen) atoms. The number of amides is 5. The van der Waals surface area contributed by atoms with Crippen LogP contribution in [0.3, 0.4) is 0 Å². The number of benzene rings is 3. The minimum Gasteiger partial charge on any atom is -0.308 e. The molecule has 3 aromatic rings. The third kappa shape index (κ3) is 6.47. The maximum atomic E-state index is 12.8. The van der Waals surface area contributed by atoms with E-state index >= 15 is 0 Å². The average molecular weight is 485 g/mol. The van der Waals surface area contributed by atoms with Gasteiger partial charge in [0.15, 0.2) is 0 Å². The van der Waals surface area contributed by atoms with Crippen molar-refractivity contribution in [3.63, 3.8) is 0 Å².